The molecule has 0 aliphatic carbocycles. The molecule has 0 bridgehead atoms. The normalized spacial score (nSPS) is 14.0. The van der Waals surface area contributed by atoms with Crippen LogP contribution in [-0.4, -0.2) is 49.3 Å². The van der Waals surface area contributed by atoms with Gasteiger partial charge < -0.3 is 20.1 Å². The van der Waals surface area contributed by atoms with Crippen molar-refractivity contribution in [2.75, 3.05) is 26.4 Å². The van der Waals surface area contributed by atoms with Crippen LogP contribution in [0.1, 0.15) is 187 Å². The van der Waals surface area contributed by atoms with E-state index in [1.165, 1.54) is 38.5 Å². The van der Waals surface area contributed by atoms with Crippen LogP contribution in [0.3, 0.4) is 0 Å². The van der Waals surface area contributed by atoms with E-state index in [1.807, 2.05) is 0 Å². The van der Waals surface area contributed by atoms with Crippen LogP contribution in [0.15, 0.2) is 85.1 Å². The van der Waals surface area contributed by atoms with E-state index in [1.54, 1.807) is 0 Å². The summed E-state index contributed by atoms with van der Waals surface area (Å²) in [4.78, 5) is 34.9. The number of nitrogens with two attached hydrogens (primary N) is 1. The molecule has 0 spiro atoms. The van der Waals surface area contributed by atoms with Crippen LogP contribution in [0, 0.1) is 0 Å². The van der Waals surface area contributed by atoms with Gasteiger partial charge in [0.05, 0.1) is 13.2 Å². The highest BCUT2D eigenvalue weighted by Gasteiger charge is 2.26. The molecule has 344 valence electrons. The zero-order chi connectivity index (χ0) is 43.9. The lowest BCUT2D eigenvalue weighted by molar-refractivity contribution is -0.161. The lowest BCUT2D eigenvalue weighted by Gasteiger charge is -2.19. The maximum absolute atomic E-state index is 12.6. The third kappa shape index (κ3) is 44.7. The number of unbranched alkanes of at least 4 members (excludes halogenated alkanes) is 16. The number of carbonyl (C=O) groups excluding carboxylic acids is 2. The predicted octanol–water partition coefficient (Wildman–Crippen LogP) is 14.0. The fourth-order valence-electron chi connectivity index (χ4n) is 6.04. The number of phosphoric acid groups is 1. The van der Waals surface area contributed by atoms with Gasteiger partial charge in [-0.15, -0.1) is 0 Å². The van der Waals surface area contributed by atoms with Crippen molar-refractivity contribution in [3.8, 4) is 0 Å². The molecule has 0 aromatic rings. The first-order chi connectivity index (χ1) is 29.3. The van der Waals surface area contributed by atoms with Crippen molar-refractivity contribution in [3.05, 3.63) is 85.1 Å². The predicted molar refractivity (Wildman–Crippen MR) is 252 cm³/mol. The van der Waals surface area contributed by atoms with Crippen molar-refractivity contribution >= 4 is 19.8 Å². The molecular weight excluding hydrogens is 774 g/mol. The number of hydrogen-bond acceptors (Lipinski definition) is 8. The molecule has 0 radical (unpaired) electrons. The number of esters is 2. The highest BCUT2D eigenvalue weighted by Crippen LogP contribution is 2.43. The van der Waals surface area contributed by atoms with Crippen molar-refractivity contribution < 1.29 is 37.6 Å². The van der Waals surface area contributed by atoms with Crippen LogP contribution < -0.4 is 5.73 Å². The number of hydrogen-bond donors (Lipinski definition) is 2. The average Bonchev–Trinajstić information content (AvgIpc) is 3.24. The third-order valence-electron chi connectivity index (χ3n) is 9.52. The van der Waals surface area contributed by atoms with E-state index in [2.05, 4.69) is 98.9 Å². The van der Waals surface area contributed by atoms with Crippen molar-refractivity contribution in [1.29, 1.82) is 0 Å². The summed E-state index contributed by atoms with van der Waals surface area (Å²) >= 11 is 0. The molecular formula is C50H86NO8P. The van der Waals surface area contributed by atoms with E-state index in [0.717, 1.165) is 109 Å². The molecule has 0 saturated heterocycles. The average molecular weight is 860 g/mol. The van der Waals surface area contributed by atoms with Gasteiger partial charge in [0, 0.05) is 19.4 Å². The molecule has 2 unspecified atom stereocenters. The smallest absolute Gasteiger partial charge is 0.462 e. The van der Waals surface area contributed by atoms with Gasteiger partial charge >= 0.3 is 19.8 Å². The van der Waals surface area contributed by atoms with Gasteiger partial charge in [-0.2, -0.15) is 0 Å². The Hall–Kier alpha value is -2.81. The molecule has 0 aliphatic heterocycles. The van der Waals surface area contributed by atoms with Crippen molar-refractivity contribution in [1.82, 2.24) is 0 Å². The van der Waals surface area contributed by atoms with Crippen LogP contribution >= 0.6 is 7.82 Å². The van der Waals surface area contributed by atoms with Crippen molar-refractivity contribution in [2.24, 2.45) is 5.73 Å². The van der Waals surface area contributed by atoms with E-state index < -0.39 is 32.5 Å². The summed E-state index contributed by atoms with van der Waals surface area (Å²) < 4.78 is 32.8. The summed E-state index contributed by atoms with van der Waals surface area (Å²) in [6, 6.07) is 0. The summed E-state index contributed by atoms with van der Waals surface area (Å²) in [5, 5.41) is 0. The first kappa shape index (κ1) is 57.2. The molecule has 10 heteroatoms. The standard InChI is InChI=1S/C50H86NO8P/c1-3-5-7-9-11-13-15-17-19-20-21-22-23-24-25-26-27-28-29-31-33-35-37-39-41-43-50(53)59-48(47-58-60(54,55)57-45-44-51)46-56-49(52)42-40-38-36-34-32-30-18-16-14-12-10-8-6-4-2/h5,7,11,13,16-19,21-22,24-25,27-28,48H,3-4,6,8-10,12,14-15,20,23,26,29-47,51H2,1-2H3,(H,54,55)/b7-5-,13-11-,18-16-,19-17-,22-21-,25-24-,28-27-. The zero-order valence-electron chi connectivity index (χ0n) is 37.9. The molecule has 0 saturated carbocycles. The maximum Gasteiger partial charge on any atom is 0.472 e. The third-order valence-corrected chi connectivity index (χ3v) is 10.5. The summed E-state index contributed by atoms with van der Waals surface area (Å²) in [5.74, 6) is -0.861. The van der Waals surface area contributed by atoms with Crippen LogP contribution in [0.2, 0.25) is 0 Å². The molecule has 0 aliphatic rings. The number of ether oxygens (including phenoxy) is 2. The second kappa shape index (κ2) is 45.7. The second-order valence-corrected chi connectivity index (χ2v) is 16.7. The van der Waals surface area contributed by atoms with Gasteiger partial charge in [0.25, 0.3) is 0 Å². The number of phosphoric ester groups is 1. The van der Waals surface area contributed by atoms with Crippen LogP contribution in [0.4, 0.5) is 0 Å². The van der Waals surface area contributed by atoms with E-state index in [-0.39, 0.29) is 32.6 Å². The van der Waals surface area contributed by atoms with Gasteiger partial charge in [-0.3, -0.25) is 18.6 Å². The Bertz CT molecular complexity index is 1250. The van der Waals surface area contributed by atoms with Gasteiger partial charge in [0.2, 0.25) is 0 Å². The van der Waals surface area contributed by atoms with E-state index >= 15 is 0 Å². The van der Waals surface area contributed by atoms with Crippen molar-refractivity contribution in [2.45, 2.75) is 193 Å². The van der Waals surface area contributed by atoms with Crippen LogP contribution in [0.5, 0.6) is 0 Å². The molecule has 0 heterocycles. The topological polar surface area (TPSA) is 134 Å². The van der Waals surface area contributed by atoms with Gasteiger partial charge in [-0.1, -0.05) is 170 Å². The summed E-state index contributed by atoms with van der Waals surface area (Å²) in [6.07, 6.45) is 57.5. The SMILES string of the molecule is CC/C=C\C/C=C\C/C=C\C/C=C\C/C=C\C/C=C\CCCCCCCCC(=O)OC(COC(=O)CCCCCCC/C=C\CCCCCCC)COP(=O)(O)OCCN. The summed E-state index contributed by atoms with van der Waals surface area (Å²) in [6.45, 7) is 3.57. The van der Waals surface area contributed by atoms with Crippen molar-refractivity contribution in [3.63, 3.8) is 0 Å². The lowest BCUT2D eigenvalue weighted by Crippen LogP contribution is -2.29. The van der Waals surface area contributed by atoms with Gasteiger partial charge in [-0.05, 0) is 89.9 Å². The molecule has 0 rings (SSSR count). The quantitative estimate of drug-likeness (QED) is 0.0266. The molecule has 0 aromatic carbocycles. The molecule has 9 nitrogen and oxygen atoms in total. The Morgan fingerprint density at radius 1 is 0.517 bits per heavy atom. The highest BCUT2D eigenvalue weighted by molar-refractivity contribution is 7.47. The minimum atomic E-state index is -4.39. The molecule has 0 aromatic heterocycles. The summed E-state index contributed by atoms with van der Waals surface area (Å²) in [5.41, 5.74) is 5.35. The van der Waals surface area contributed by atoms with E-state index in [4.69, 9.17) is 24.3 Å². The van der Waals surface area contributed by atoms with E-state index in [9.17, 15) is 19.0 Å². The molecule has 3 N–H and O–H groups in total. The molecule has 0 fully saturated rings. The highest BCUT2D eigenvalue weighted by atomic mass is 31.2. The van der Waals surface area contributed by atoms with Gasteiger partial charge in [-0.25, -0.2) is 4.57 Å². The Kier molecular flexibility index (Phi) is 43.6. The van der Waals surface area contributed by atoms with E-state index in [0.29, 0.717) is 12.8 Å². The maximum atomic E-state index is 12.6. The van der Waals surface area contributed by atoms with Gasteiger partial charge in [0.1, 0.15) is 6.61 Å². The second-order valence-electron chi connectivity index (χ2n) is 15.2. The van der Waals surface area contributed by atoms with Crippen LogP contribution in [-0.2, 0) is 32.7 Å². The summed E-state index contributed by atoms with van der Waals surface area (Å²) in [7, 11) is -4.39. The molecule has 0 amide bonds. The monoisotopic (exact) mass is 860 g/mol. The Labute approximate surface area is 366 Å². The number of carbonyl (C=O) groups is 2. The Balaban J connectivity index is 4.15. The fourth-order valence-corrected chi connectivity index (χ4v) is 6.81. The molecule has 2 atom stereocenters. The first-order valence-corrected chi connectivity index (χ1v) is 25.1. The van der Waals surface area contributed by atoms with Crippen LogP contribution in [0.25, 0.3) is 0 Å². The zero-order valence-corrected chi connectivity index (χ0v) is 38.8. The van der Waals surface area contributed by atoms with Gasteiger partial charge in [0.15, 0.2) is 6.10 Å². The first-order valence-electron chi connectivity index (χ1n) is 23.6. The number of allylic oxidation sites excluding steroid dienone is 14. The molecule has 60 heavy (non-hydrogen) atoms. The fraction of sp³-hybridized carbons (Fsp3) is 0.680. The lowest BCUT2D eigenvalue weighted by atomic mass is 10.1. The largest absolute Gasteiger partial charge is 0.472 e. The Morgan fingerprint density at radius 3 is 1.38 bits per heavy atom. The minimum absolute atomic E-state index is 0.0454. The minimum Gasteiger partial charge on any atom is -0.462 e. The number of rotatable bonds is 43. The Morgan fingerprint density at radius 2 is 0.917 bits per heavy atom.